The fraction of sp³-hybridized carbons (Fsp3) is 0.174. The van der Waals surface area contributed by atoms with Gasteiger partial charge in [0.2, 0.25) is 5.91 Å². The average Bonchev–Trinajstić information content (AvgIpc) is 3.32. The minimum absolute atomic E-state index is 0.108. The second-order valence-electron chi connectivity index (χ2n) is 6.94. The fourth-order valence-electron chi connectivity index (χ4n) is 3.29. The predicted octanol–water partition coefficient (Wildman–Crippen LogP) is 5.70. The molecule has 3 nitrogen and oxygen atoms in total. The number of thiophene rings is 1. The van der Waals surface area contributed by atoms with Crippen molar-refractivity contribution in [1.29, 1.82) is 0 Å². The van der Waals surface area contributed by atoms with Crippen LogP contribution < -0.4 is 5.32 Å². The van der Waals surface area contributed by atoms with E-state index < -0.39 is 0 Å². The first-order valence-electron chi connectivity index (χ1n) is 9.07. The first-order chi connectivity index (χ1) is 13.5. The SMILES string of the molecule is Cc1cc2occ(CC(=O)NC(c3ccc(F)cc3)c3cccs3)c2cc1C. The number of furan rings is 1. The van der Waals surface area contributed by atoms with Crippen LogP contribution in [0, 0.1) is 19.7 Å². The lowest BCUT2D eigenvalue weighted by Crippen LogP contribution is -2.30. The standard InChI is InChI=1S/C23H20FNO2S/c1-14-10-19-17(13-27-20(19)11-15(14)2)12-22(26)25-23(21-4-3-9-28-21)16-5-7-18(24)8-6-16/h3-11,13,23H,12H2,1-2H3,(H,25,26). The van der Waals surface area contributed by atoms with Crippen LogP contribution in [0.25, 0.3) is 11.0 Å². The number of carbonyl (C=O) groups is 1. The Bertz CT molecular complexity index is 1110. The average molecular weight is 393 g/mol. The molecular weight excluding hydrogens is 373 g/mol. The summed E-state index contributed by atoms with van der Waals surface area (Å²) in [4.78, 5) is 13.8. The number of halogens is 1. The summed E-state index contributed by atoms with van der Waals surface area (Å²) in [6, 6.07) is 13.9. The van der Waals surface area contributed by atoms with Gasteiger partial charge in [-0.1, -0.05) is 18.2 Å². The molecule has 1 atom stereocenters. The van der Waals surface area contributed by atoms with E-state index in [1.165, 1.54) is 17.7 Å². The molecule has 0 aliphatic heterocycles. The Labute approximate surface area is 166 Å². The van der Waals surface area contributed by atoms with E-state index in [0.29, 0.717) is 0 Å². The van der Waals surface area contributed by atoms with Gasteiger partial charge in [-0.2, -0.15) is 0 Å². The van der Waals surface area contributed by atoms with Gasteiger partial charge in [0.1, 0.15) is 11.4 Å². The van der Waals surface area contributed by atoms with Gasteiger partial charge in [0.05, 0.1) is 18.7 Å². The number of hydrogen-bond donors (Lipinski definition) is 1. The summed E-state index contributed by atoms with van der Waals surface area (Å²) in [5, 5.41) is 6.02. The molecule has 142 valence electrons. The third kappa shape index (κ3) is 3.71. The molecule has 0 bridgehead atoms. The molecule has 0 saturated carbocycles. The van der Waals surface area contributed by atoms with Crippen molar-refractivity contribution in [2.75, 3.05) is 0 Å². The highest BCUT2D eigenvalue weighted by Gasteiger charge is 2.19. The normalized spacial score (nSPS) is 12.2. The molecule has 2 aromatic heterocycles. The van der Waals surface area contributed by atoms with Crippen LogP contribution in [0.1, 0.15) is 33.2 Å². The van der Waals surface area contributed by atoms with Gasteiger partial charge in [0, 0.05) is 15.8 Å². The van der Waals surface area contributed by atoms with Crippen LogP contribution in [-0.2, 0) is 11.2 Å². The molecular formula is C23H20FNO2S. The highest BCUT2D eigenvalue weighted by Crippen LogP contribution is 2.28. The van der Waals surface area contributed by atoms with E-state index in [4.69, 9.17) is 4.42 Å². The summed E-state index contributed by atoms with van der Waals surface area (Å²) in [5.41, 5.74) is 4.82. The molecule has 1 unspecified atom stereocenters. The van der Waals surface area contributed by atoms with Gasteiger partial charge in [-0.3, -0.25) is 4.79 Å². The largest absolute Gasteiger partial charge is 0.464 e. The van der Waals surface area contributed by atoms with Gasteiger partial charge in [-0.05, 0) is 66.2 Å². The predicted molar refractivity (Wildman–Crippen MR) is 110 cm³/mol. The second-order valence-corrected chi connectivity index (χ2v) is 7.92. The summed E-state index contributed by atoms with van der Waals surface area (Å²) < 4.78 is 19.0. The van der Waals surface area contributed by atoms with E-state index in [9.17, 15) is 9.18 Å². The van der Waals surface area contributed by atoms with Gasteiger partial charge < -0.3 is 9.73 Å². The molecule has 1 amide bonds. The molecule has 28 heavy (non-hydrogen) atoms. The van der Waals surface area contributed by atoms with Gasteiger partial charge in [-0.25, -0.2) is 4.39 Å². The molecule has 4 rings (SSSR count). The molecule has 0 spiro atoms. The number of amides is 1. The van der Waals surface area contributed by atoms with Crippen LogP contribution >= 0.6 is 11.3 Å². The molecule has 4 aromatic rings. The molecule has 0 saturated heterocycles. The lowest BCUT2D eigenvalue weighted by Gasteiger charge is -2.18. The monoisotopic (exact) mass is 393 g/mol. The summed E-state index contributed by atoms with van der Waals surface area (Å²) in [6.45, 7) is 4.09. The van der Waals surface area contributed by atoms with E-state index in [-0.39, 0.29) is 24.2 Å². The van der Waals surface area contributed by atoms with Crippen molar-refractivity contribution in [3.05, 3.63) is 93.1 Å². The zero-order chi connectivity index (χ0) is 19.7. The zero-order valence-corrected chi connectivity index (χ0v) is 16.5. The highest BCUT2D eigenvalue weighted by molar-refractivity contribution is 7.10. The van der Waals surface area contributed by atoms with Crippen LogP contribution in [0.4, 0.5) is 4.39 Å². The highest BCUT2D eigenvalue weighted by atomic mass is 32.1. The molecule has 0 fully saturated rings. The Morgan fingerprint density at radius 2 is 1.89 bits per heavy atom. The van der Waals surface area contributed by atoms with Gasteiger partial charge in [-0.15, -0.1) is 11.3 Å². The van der Waals surface area contributed by atoms with E-state index in [2.05, 4.69) is 11.4 Å². The number of hydrogen-bond acceptors (Lipinski definition) is 3. The number of rotatable bonds is 5. The van der Waals surface area contributed by atoms with Crippen molar-refractivity contribution in [3.8, 4) is 0 Å². The van der Waals surface area contributed by atoms with Gasteiger partial charge in [0.15, 0.2) is 0 Å². The summed E-state index contributed by atoms with van der Waals surface area (Å²) in [6.07, 6.45) is 1.87. The molecule has 0 aliphatic rings. The van der Waals surface area contributed by atoms with Crippen molar-refractivity contribution in [2.24, 2.45) is 0 Å². The van der Waals surface area contributed by atoms with Crippen molar-refractivity contribution in [3.63, 3.8) is 0 Å². The van der Waals surface area contributed by atoms with Crippen molar-refractivity contribution >= 4 is 28.2 Å². The first-order valence-corrected chi connectivity index (χ1v) is 9.95. The number of aryl methyl sites for hydroxylation is 2. The quantitative estimate of drug-likeness (QED) is 0.473. The van der Waals surface area contributed by atoms with E-state index in [1.807, 2.05) is 37.4 Å². The van der Waals surface area contributed by atoms with Crippen molar-refractivity contribution < 1.29 is 13.6 Å². The Kier molecular flexibility index (Phi) is 5.01. The maximum Gasteiger partial charge on any atom is 0.225 e. The second kappa shape index (κ2) is 7.60. The number of fused-ring (bicyclic) bond motifs is 1. The van der Waals surface area contributed by atoms with E-state index in [0.717, 1.165) is 32.5 Å². The van der Waals surface area contributed by atoms with Crippen LogP contribution in [-0.4, -0.2) is 5.91 Å². The molecule has 0 aliphatic carbocycles. The Morgan fingerprint density at radius 3 is 2.61 bits per heavy atom. The fourth-order valence-corrected chi connectivity index (χ4v) is 4.09. The Balaban J connectivity index is 1.58. The maximum absolute atomic E-state index is 13.3. The topological polar surface area (TPSA) is 42.2 Å². The van der Waals surface area contributed by atoms with Crippen LogP contribution in [0.2, 0.25) is 0 Å². The smallest absolute Gasteiger partial charge is 0.225 e. The van der Waals surface area contributed by atoms with E-state index >= 15 is 0 Å². The number of benzene rings is 2. The number of nitrogens with one attached hydrogen (secondary N) is 1. The third-order valence-corrected chi connectivity index (χ3v) is 5.89. The molecule has 5 heteroatoms. The summed E-state index contributed by atoms with van der Waals surface area (Å²) in [5.74, 6) is -0.404. The van der Waals surface area contributed by atoms with Gasteiger partial charge in [0.25, 0.3) is 0 Å². The minimum Gasteiger partial charge on any atom is -0.464 e. The molecule has 1 N–H and O–H groups in total. The zero-order valence-electron chi connectivity index (χ0n) is 15.7. The Hall–Kier alpha value is -2.92. The first kappa shape index (κ1) is 18.4. The van der Waals surface area contributed by atoms with Crippen LogP contribution in [0.5, 0.6) is 0 Å². The Morgan fingerprint density at radius 1 is 1.14 bits per heavy atom. The summed E-state index contributed by atoms with van der Waals surface area (Å²) in [7, 11) is 0. The van der Waals surface area contributed by atoms with E-state index in [1.54, 1.807) is 29.7 Å². The molecule has 0 radical (unpaired) electrons. The third-order valence-electron chi connectivity index (χ3n) is 4.96. The molecule has 2 heterocycles. The molecule has 2 aromatic carbocycles. The summed E-state index contributed by atoms with van der Waals surface area (Å²) >= 11 is 1.56. The van der Waals surface area contributed by atoms with Crippen molar-refractivity contribution in [2.45, 2.75) is 26.3 Å². The number of carbonyl (C=O) groups excluding carboxylic acids is 1. The lowest BCUT2D eigenvalue weighted by molar-refractivity contribution is -0.120. The van der Waals surface area contributed by atoms with Crippen LogP contribution in [0.3, 0.4) is 0 Å². The lowest BCUT2D eigenvalue weighted by atomic mass is 10.0. The van der Waals surface area contributed by atoms with Gasteiger partial charge >= 0.3 is 0 Å². The van der Waals surface area contributed by atoms with Crippen LogP contribution in [0.15, 0.2) is 64.6 Å². The minimum atomic E-state index is -0.310. The van der Waals surface area contributed by atoms with Crippen molar-refractivity contribution in [1.82, 2.24) is 5.32 Å². The maximum atomic E-state index is 13.3.